The Morgan fingerprint density at radius 1 is 0.438 bits per heavy atom. The SMILES string of the molecule is c1ccc(-c2cc(-c3ccccc3)nc(-c3cccc4sc5ccc(-c6cccc7c6Oc6ccccc6C76c7ccccc7-n7c8ccccc8c8cccc6c87)cc5c34)n2)cc1. The molecule has 0 saturated carbocycles. The Morgan fingerprint density at radius 3 is 1.91 bits per heavy atom. The molecule has 2 aliphatic rings. The summed E-state index contributed by atoms with van der Waals surface area (Å²) in [5, 5.41) is 4.83. The standard InChI is InChI=1S/C59H35N3OS/c1-3-16-36(17-4-1)48-35-49(37-18-5-2-6-19-37)61-58(60-48)42-23-15-31-54-55(42)43-34-38(32-33-53(43)64-54)39-21-13-27-47-57(39)63-52-30-12-9-25-45(52)59(47)44-24-8-11-29-51(44)62-50-28-10-7-20-40(50)41-22-14-26-46(59)56(41)62/h1-35H. The molecule has 0 N–H and O–H groups in total. The van der Waals surface area contributed by atoms with Gasteiger partial charge in [0.25, 0.3) is 0 Å². The van der Waals surface area contributed by atoms with E-state index in [9.17, 15) is 0 Å². The number of ether oxygens (including phenoxy) is 1. The van der Waals surface area contributed by atoms with E-state index in [1.165, 1.54) is 53.4 Å². The van der Waals surface area contributed by atoms with Gasteiger partial charge in [0.15, 0.2) is 5.82 Å². The molecular formula is C59H35N3OS. The number of fused-ring (bicyclic) bond motifs is 14. The van der Waals surface area contributed by atoms with Gasteiger partial charge in [0.1, 0.15) is 11.5 Å². The highest BCUT2D eigenvalue weighted by atomic mass is 32.1. The average Bonchev–Trinajstić information content (AvgIpc) is 3.92. The van der Waals surface area contributed by atoms with Gasteiger partial charge in [-0.25, -0.2) is 9.97 Å². The van der Waals surface area contributed by atoms with E-state index < -0.39 is 5.41 Å². The molecule has 1 unspecified atom stereocenters. The molecule has 298 valence electrons. The van der Waals surface area contributed by atoms with Gasteiger partial charge in [0.05, 0.1) is 33.5 Å². The zero-order valence-corrected chi connectivity index (χ0v) is 35.2. The Hall–Kier alpha value is -8.12. The van der Waals surface area contributed by atoms with Gasteiger partial charge in [-0.15, -0.1) is 11.3 Å². The maximum Gasteiger partial charge on any atom is 0.161 e. The van der Waals surface area contributed by atoms with Crippen molar-refractivity contribution in [3.63, 3.8) is 0 Å². The lowest BCUT2D eigenvalue weighted by molar-refractivity contribution is 0.435. The van der Waals surface area contributed by atoms with Crippen LogP contribution in [0.5, 0.6) is 11.5 Å². The van der Waals surface area contributed by atoms with Crippen LogP contribution in [0, 0.1) is 0 Å². The number of hydrogen-bond acceptors (Lipinski definition) is 4. The van der Waals surface area contributed by atoms with Crippen LogP contribution >= 0.6 is 11.3 Å². The zero-order chi connectivity index (χ0) is 41.9. The van der Waals surface area contributed by atoms with Crippen molar-refractivity contribution >= 4 is 53.3 Å². The number of nitrogens with zero attached hydrogens (tertiary/aromatic N) is 3. The molecule has 0 radical (unpaired) electrons. The van der Waals surface area contributed by atoms with Crippen LogP contribution in [0.4, 0.5) is 0 Å². The summed E-state index contributed by atoms with van der Waals surface area (Å²) in [6.07, 6.45) is 0. The summed E-state index contributed by atoms with van der Waals surface area (Å²) in [7, 11) is 0. The second-order valence-electron chi connectivity index (χ2n) is 16.8. The van der Waals surface area contributed by atoms with Crippen molar-refractivity contribution in [3.8, 4) is 62.2 Å². The first-order valence-electron chi connectivity index (χ1n) is 21.7. The van der Waals surface area contributed by atoms with Crippen LogP contribution in [-0.2, 0) is 5.41 Å². The average molecular weight is 834 g/mol. The molecule has 4 nitrogen and oxygen atoms in total. The minimum atomic E-state index is -0.648. The highest BCUT2D eigenvalue weighted by Gasteiger charge is 2.50. The number of thiophene rings is 1. The van der Waals surface area contributed by atoms with Crippen molar-refractivity contribution in [2.75, 3.05) is 0 Å². The summed E-state index contributed by atoms with van der Waals surface area (Å²) in [6, 6.07) is 76.4. The van der Waals surface area contributed by atoms with Crippen LogP contribution in [0.3, 0.4) is 0 Å². The minimum Gasteiger partial charge on any atom is -0.456 e. The molecule has 2 aliphatic heterocycles. The monoisotopic (exact) mass is 833 g/mol. The Labute approximate surface area is 373 Å². The van der Waals surface area contributed by atoms with E-state index >= 15 is 0 Å². The van der Waals surface area contributed by atoms with Gasteiger partial charge in [-0.2, -0.15) is 0 Å². The predicted octanol–water partition coefficient (Wildman–Crippen LogP) is 15.4. The Kier molecular flexibility index (Phi) is 7.45. The number of rotatable bonds is 4. The third-order valence-electron chi connectivity index (χ3n) is 13.5. The molecule has 0 fully saturated rings. The molecule has 14 rings (SSSR count). The minimum absolute atomic E-state index is 0.648. The van der Waals surface area contributed by atoms with Crippen LogP contribution in [0.15, 0.2) is 212 Å². The van der Waals surface area contributed by atoms with Crippen molar-refractivity contribution in [1.82, 2.24) is 14.5 Å². The van der Waals surface area contributed by atoms with Crippen molar-refractivity contribution in [3.05, 3.63) is 235 Å². The van der Waals surface area contributed by atoms with Crippen LogP contribution in [0.25, 0.3) is 92.7 Å². The molecule has 0 saturated heterocycles. The first kappa shape index (κ1) is 35.5. The zero-order valence-electron chi connectivity index (χ0n) is 34.4. The maximum absolute atomic E-state index is 7.21. The molecule has 0 aliphatic carbocycles. The summed E-state index contributed by atoms with van der Waals surface area (Å²) in [5.74, 6) is 2.45. The van der Waals surface area contributed by atoms with Gasteiger partial charge in [-0.3, -0.25) is 0 Å². The first-order valence-corrected chi connectivity index (χ1v) is 22.5. The van der Waals surface area contributed by atoms with E-state index in [1.807, 2.05) is 23.5 Å². The lowest BCUT2D eigenvalue weighted by Crippen LogP contribution is -2.37. The van der Waals surface area contributed by atoms with Gasteiger partial charge in [-0.1, -0.05) is 170 Å². The summed E-state index contributed by atoms with van der Waals surface area (Å²) in [6.45, 7) is 0. The third-order valence-corrected chi connectivity index (χ3v) is 14.6. The Morgan fingerprint density at radius 2 is 1.08 bits per heavy atom. The number of benzene rings is 9. The van der Waals surface area contributed by atoms with E-state index in [-0.39, 0.29) is 0 Å². The maximum atomic E-state index is 7.21. The van der Waals surface area contributed by atoms with Crippen molar-refractivity contribution in [2.24, 2.45) is 0 Å². The lowest BCUT2D eigenvalue weighted by Gasteiger charge is -2.45. The number of hydrogen-bond donors (Lipinski definition) is 0. The van der Waals surface area contributed by atoms with Crippen LogP contribution in [-0.4, -0.2) is 14.5 Å². The van der Waals surface area contributed by atoms with Gasteiger partial charge < -0.3 is 9.30 Å². The quantitative estimate of drug-likeness (QED) is 0.177. The number of para-hydroxylation sites is 5. The summed E-state index contributed by atoms with van der Waals surface area (Å²) < 4.78 is 12.1. The molecule has 0 bridgehead atoms. The fourth-order valence-electron chi connectivity index (χ4n) is 10.8. The van der Waals surface area contributed by atoms with E-state index in [0.717, 1.165) is 67.2 Å². The topological polar surface area (TPSA) is 39.9 Å². The van der Waals surface area contributed by atoms with Crippen LogP contribution < -0.4 is 4.74 Å². The van der Waals surface area contributed by atoms with E-state index in [2.05, 4.69) is 205 Å². The van der Waals surface area contributed by atoms with Crippen molar-refractivity contribution in [2.45, 2.75) is 5.41 Å². The lowest BCUT2D eigenvalue weighted by atomic mass is 9.61. The molecule has 1 spiro atoms. The Balaban J connectivity index is 1.01. The predicted molar refractivity (Wildman–Crippen MR) is 263 cm³/mol. The van der Waals surface area contributed by atoms with Gasteiger partial charge >= 0.3 is 0 Å². The molecule has 1 atom stereocenters. The van der Waals surface area contributed by atoms with Crippen LogP contribution in [0.2, 0.25) is 0 Å². The molecule has 3 aromatic heterocycles. The second-order valence-corrected chi connectivity index (χ2v) is 17.9. The fraction of sp³-hybridized carbons (Fsp3) is 0.0169. The molecule has 0 amide bonds. The molecule has 5 heterocycles. The van der Waals surface area contributed by atoms with Crippen molar-refractivity contribution < 1.29 is 4.74 Å². The first-order chi connectivity index (χ1) is 31.7. The van der Waals surface area contributed by atoms with Gasteiger partial charge in [0.2, 0.25) is 0 Å². The van der Waals surface area contributed by atoms with E-state index in [0.29, 0.717) is 5.82 Å². The van der Waals surface area contributed by atoms with E-state index in [1.54, 1.807) is 0 Å². The molecule has 9 aromatic carbocycles. The fourth-order valence-corrected chi connectivity index (χ4v) is 11.9. The van der Waals surface area contributed by atoms with E-state index in [4.69, 9.17) is 14.7 Å². The van der Waals surface area contributed by atoms with Gasteiger partial charge in [-0.05, 0) is 59.2 Å². The molecular weight excluding hydrogens is 799 g/mol. The highest BCUT2D eigenvalue weighted by molar-refractivity contribution is 7.26. The van der Waals surface area contributed by atoms with Crippen molar-refractivity contribution in [1.29, 1.82) is 0 Å². The molecule has 12 aromatic rings. The molecule has 5 heteroatoms. The second kappa shape index (κ2) is 13.4. The normalized spacial score (nSPS) is 14.8. The Bertz CT molecular complexity index is 3830. The highest BCUT2D eigenvalue weighted by Crippen LogP contribution is 2.61. The summed E-state index contributed by atoms with van der Waals surface area (Å²) >= 11 is 1.81. The summed E-state index contributed by atoms with van der Waals surface area (Å²) in [4.78, 5) is 10.6. The third kappa shape index (κ3) is 4.87. The summed E-state index contributed by atoms with van der Waals surface area (Å²) in [5.41, 5.74) is 14.8. The molecule has 64 heavy (non-hydrogen) atoms. The van der Waals surface area contributed by atoms with Crippen LogP contribution in [0.1, 0.15) is 22.3 Å². The van der Waals surface area contributed by atoms with Gasteiger partial charge in [0, 0.05) is 64.3 Å². The smallest absolute Gasteiger partial charge is 0.161 e. The largest absolute Gasteiger partial charge is 0.456 e. The number of aromatic nitrogens is 3.